The molecule has 7 nitrogen and oxygen atoms in total. The normalized spacial score (nSPS) is 20.1. The van der Waals surface area contributed by atoms with Gasteiger partial charge in [0.15, 0.2) is 0 Å². The van der Waals surface area contributed by atoms with Gasteiger partial charge < -0.3 is 28.1 Å². The molecule has 0 aromatic carbocycles. The van der Waals surface area contributed by atoms with E-state index >= 15 is 0 Å². The molecule has 0 heterocycles. The van der Waals surface area contributed by atoms with Crippen molar-refractivity contribution >= 4 is 37.6 Å². The summed E-state index contributed by atoms with van der Waals surface area (Å²) in [6.45, 7) is -6.38. The minimum Gasteiger partial charge on any atom is -0.393 e. The molecule has 11 heteroatoms. The highest BCUT2D eigenvalue weighted by molar-refractivity contribution is 8.44. The van der Waals surface area contributed by atoms with E-state index in [2.05, 4.69) is 33.1 Å². The van der Waals surface area contributed by atoms with Crippen molar-refractivity contribution in [3.63, 3.8) is 0 Å². The van der Waals surface area contributed by atoms with Crippen molar-refractivity contribution < 1.29 is 32.7 Å². The van der Waals surface area contributed by atoms with E-state index in [-0.39, 0.29) is 26.1 Å². The Kier molecular flexibility index (Phi) is 9.52. The lowest BCUT2D eigenvalue weighted by molar-refractivity contribution is 0.105. The standard InChI is InChI=1S/C7H18O7P2S2/c1-11-15(9,17)13-5-3-7(8)4-6-14-16(10,18)12-2/h7-8H,3-6H2,1-2H3,(H,9,17)(H,10,18). The third-order valence-corrected chi connectivity index (χ3v) is 5.41. The van der Waals surface area contributed by atoms with Gasteiger partial charge in [-0.25, -0.2) is 4.57 Å². The van der Waals surface area contributed by atoms with E-state index in [1.165, 1.54) is 14.2 Å². The average Bonchev–Trinajstić information content (AvgIpc) is 2.28. The van der Waals surface area contributed by atoms with Crippen molar-refractivity contribution in [3.05, 3.63) is 0 Å². The molecule has 0 bridgehead atoms. The van der Waals surface area contributed by atoms with Gasteiger partial charge in [-0.1, -0.05) is 12.2 Å². The first kappa shape index (κ1) is 19.0. The van der Waals surface area contributed by atoms with Crippen LogP contribution in [0.4, 0.5) is 0 Å². The van der Waals surface area contributed by atoms with Crippen molar-refractivity contribution in [1.29, 1.82) is 0 Å². The quantitative estimate of drug-likeness (QED) is 0.409. The molecule has 0 rings (SSSR count). The Morgan fingerprint density at radius 2 is 1.72 bits per heavy atom. The molecular formula is C7H18O7P2S2. The summed E-state index contributed by atoms with van der Waals surface area (Å²) >= 11 is 8.26. The summed E-state index contributed by atoms with van der Waals surface area (Å²) in [4.78, 5) is 9.26. The molecule has 0 aliphatic heterocycles. The van der Waals surface area contributed by atoms with Gasteiger partial charge in [0.25, 0.3) is 0 Å². The van der Waals surface area contributed by atoms with Gasteiger partial charge in [0, 0.05) is 14.2 Å². The lowest BCUT2D eigenvalue weighted by Crippen LogP contribution is -2.12. The number of aliphatic hydroxyl groups is 1. The molecule has 3 unspecified atom stereocenters. The molecule has 0 radical (unpaired) electrons. The van der Waals surface area contributed by atoms with Gasteiger partial charge in [-0.2, -0.15) is 0 Å². The fourth-order valence-corrected chi connectivity index (χ4v) is 2.21. The zero-order chi connectivity index (χ0) is 14.2. The van der Waals surface area contributed by atoms with Crippen LogP contribution < -0.4 is 0 Å². The molecule has 18 heavy (non-hydrogen) atoms. The SMILES string of the molecule is COP(=O)(S)OCCC(O)CCOP(O)(=S)OC. The molecule has 0 saturated heterocycles. The summed E-state index contributed by atoms with van der Waals surface area (Å²) in [5.74, 6) is 0. The molecule has 3 atom stereocenters. The zero-order valence-electron chi connectivity index (χ0n) is 10.1. The Hall–Kier alpha value is 0.990. The fourth-order valence-electron chi connectivity index (χ4n) is 0.858. The molecule has 0 aromatic rings. The van der Waals surface area contributed by atoms with Crippen LogP contribution in [0.25, 0.3) is 0 Å². The van der Waals surface area contributed by atoms with E-state index in [1.807, 2.05) is 0 Å². The van der Waals surface area contributed by atoms with E-state index in [9.17, 15) is 14.6 Å². The Morgan fingerprint density at radius 3 is 2.17 bits per heavy atom. The summed E-state index contributed by atoms with van der Waals surface area (Å²) in [7, 11) is 2.47. The number of hydrogen-bond acceptors (Lipinski definition) is 7. The van der Waals surface area contributed by atoms with Gasteiger partial charge >= 0.3 is 13.5 Å². The molecule has 110 valence electrons. The number of rotatable bonds is 10. The molecular weight excluding hydrogens is 322 g/mol. The van der Waals surface area contributed by atoms with Crippen molar-refractivity contribution in [3.8, 4) is 0 Å². The highest BCUT2D eigenvalue weighted by Gasteiger charge is 2.17. The minimum atomic E-state index is -3.31. The van der Waals surface area contributed by atoms with Gasteiger partial charge in [0.1, 0.15) is 0 Å². The molecule has 0 spiro atoms. The first-order valence-corrected chi connectivity index (χ1v) is 10.3. The second-order valence-electron chi connectivity index (χ2n) is 3.20. The lowest BCUT2D eigenvalue weighted by atomic mass is 10.2. The first-order chi connectivity index (χ1) is 8.22. The monoisotopic (exact) mass is 340 g/mol. The maximum absolute atomic E-state index is 11.2. The van der Waals surface area contributed by atoms with Crippen LogP contribution in [-0.4, -0.2) is 43.5 Å². The molecule has 0 amide bonds. The number of aliphatic hydroxyl groups excluding tert-OH is 1. The lowest BCUT2D eigenvalue weighted by Gasteiger charge is -2.15. The predicted molar refractivity (Wildman–Crippen MR) is 74.3 cm³/mol. The van der Waals surface area contributed by atoms with Crippen LogP contribution in [0.5, 0.6) is 0 Å². The van der Waals surface area contributed by atoms with Crippen LogP contribution in [0.1, 0.15) is 12.8 Å². The fraction of sp³-hybridized carbons (Fsp3) is 1.00. The smallest absolute Gasteiger partial charge is 0.385 e. The van der Waals surface area contributed by atoms with Crippen molar-refractivity contribution in [2.75, 3.05) is 27.4 Å². The second kappa shape index (κ2) is 9.02. The highest BCUT2D eigenvalue weighted by Crippen LogP contribution is 2.52. The zero-order valence-corrected chi connectivity index (χ0v) is 13.6. The summed E-state index contributed by atoms with van der Waals surface area (Å²) in [5, 5.41) is 9.53. The third kappa shape index (κ3) is 9.86. The molecule has 0 fully saturated rings. The van der Waals surface area contributed by atoms with Gasteiger partial charge in [-0.15, -0.1) is 0 Å². The average molecular weight is 340 g/mol. The summed E-state index contributed by atoms with van der Waals surface area (Å²) < 4.78 is 30.0. The van der Waals surface area contributed by atoms with Crippen LogP contribution in [0.3, 0.4) is 0 Å². The van der Waals surface area contributed by atoms with Gasteiger partial charge in [0.2, 0.25) is 0 Å². The summed E-state index contributed by atoms with van der Waals surface area (Å²) in [6.07, 6.45) is -0.254. The second-order valence-corrected chi connectivity index (χ2v) is 9.17. The van der Waals surface area contributed by atoms with Gasteiger partial charge in [-0.3, -0.25) is 0 Å². The molecule has 0 saturated carbocycles. The maximum atomic E-state index is 11.2. The Labute approximate surface area is 117 Å². The Bertz CT molecular complexity index is 297. The number of hydrogen-bond donors (Lipinski definition) is 3. The minimum absolute atomic E-state index is 0.0351. The summed E-state index contributed by atoms with van der Waals surface area (Å²) in [6, 6.07) is 0. The highest BCUT2D eigenvalue weighted by atomic mass is 32.7. The molecule has 2 N–H and O–H groups in total. The topological polar surface area (TPSA) is 94.5 Å². The van der Waals surface area contributed by atoms with Gasteiger partial charge in [0.05, 0.1) is 19.3 Å². The molecule has 0 aliphatic carbocycles. The molecule has 0 aliphatic rings. The Balaban J connectivity index is 3.70. The third-order valence-electron chi connectivity index (χ3n) is 1.87. The van der Waals surface area contributed by atoms with Crippen LogP contribution in [0, 0.1) is 0 Å². The van der Waals surface area contributed by atoms with Crippen LogP contribution >= 0.6 is 25.8 Å². The van der Waals surface area contributed by atoms with Crippen molar-refractivity contribution in [2.45, 2.75) is 18.9 Å². The molecule has 0 aromatic heterocycles. The van der Waals surface area contributed by atoms with Crippen molar-refractivity contribution in [2.24, 2.45) is 0 Å². The van der Waals surface area contributed by atoms with Crippen LogP contribution in [0.15, 0.2) is 0 Å². The number of thiol groups is 1. The predicted octanol–water partition coefficient (Wildman–Crippen LogP) is 1.71. The first-order valence-electron chi connectivity index (χ1n) is 4.96. The summed E-state index contributed by atoms with van der Waals surface area (Å²) in [5.41, 5.74) is 0. The van der Waals surface area contributed by atoms with Crippen LogP contribution in [-0.2, 0) is 34.5 Å². The largest absolute Gasteiger partial charge is 0.393 e. The van der Waals surface area contributed by atoms with Gasteiger partial charge in [-0.05, 0) is 24.6 Å². The Morgan fingerprint density at radius 1 is 1.22 bits per heavy atom. The van der Waals surface area contributed by atoms with E-state index in [1.54, 1.807) is 0 Å². The van der Waals surface area contributed by atoms with Crippen molar-refractivity contribution in [1.82, 2.24) is 0 Å². The van der Waals surface area contributed by atoms with E-state index < -0.39 is 19.6 Å². The van der Waals surface area contributed by atoms with Crippen LogP contribution in [0.2, 0.25) is 0 Å². The van der Waals surface area contributed by atoms with E-state index in [0.717, 1.165) is 0 Å². The maximum Gasteiger partial charge on any atom is 0.385 e. The van der Waals surface area contributed by atoms with E-state index in [0.29, 0.717) is 0 Å². The van der Waals surface area contributed by atoms with E-state index in [4.69, 9.17) is 9.05 Å².